The van der Waals surface area contributed by atoms with E-state index in [4.69, 9.17) is 4.74 Å². The van der Waals surface area contributed by atoms with Gasteiger partial charge in [0.15, 0.2) is 10.8 Å². The fourth-order valence-electron chi connectivity index (χ4n) is 2.67. The van der Waals surface area contributed by atoms with Crippen LogP contribution in [0.15, 0.2) is 24.4 Å². The van der Waals surface area contributed by atoms with E-state index in [9.17, 15) is 4.79 Å². The molecule has 0 aliphatic heterocycles. The van der Waals surface area contributed by atoms with Crippen molar-refractivity contribution < 1.29 is 9.53 Å². The number of rotatable bonds is 6. The van der Waals surface area contributed by atoms with E-state index in [1.165, 1.54) is 11.3 Å². The first-order valence-corrected chi connectivity index (χ1v) is 9.12. The highest BCUT2D eigenvalue weighted by Crippen LogP contribution is 2.32. The maximum absolute atomic E-state index is 13.2. The Bertz CT molecular complexity index is 931. The molecule has 8 heteroatoms. The van der Waals surface area contributed by atoms with Crippen molar-refractivity contribution in [1.82, 2.24) is 19.7 Å². The topological polar surface area (TPSA) is 63.5 Å². The normalized spacial score (nSPS) is 11.3. The molecule has 0 bridgehead atoms. The molecule has 0 aliphatic carbocycles. The molecule has 26 heavy (non-hydrogen) atoms. The minimum absolute atomic E-state index is 0.129. The van der Waals surface area contributed by atoms with E-state index >= 15 is 0 Å². The van der Waals surface area contributed by atoms with E-state index < -0.39 is 0 Å². The summed E-state index contributed by atoms with van der Waals surface area (Å²) in [5.41, 5.74) is 2.17. The highest BCUT2D eigenvalue weighted by atomic mass is 32.1. The highest BCUT2D eigenvalue weighted by molar-refractivity contribution is 7.22. The van der Waals surface area contributed by atoms with E-state index in [2.05, 4.69) is 10.1 Å². The minimum atomic E-state index is -0.129. The summed E-state index contributed by atoms with van der Waals surface area (Å²) in [5.74, 6) is 0.649. The van der Waals surface area contributed by atoms with Crippen LogP contribution < -0.4 is 9.64 Å². The van der Waals surface area contributed by atoms with Gasteiger partial charge in [0.1, 0.15) is 5.75 Å². The Labute approximate surface area is 156 Å². The van der Waals surface area contributed by atoms with Gasteiger partial charge in [-0.15, -0.1) is 0 Å². The average molecular weight is 373 g/mol. The van der Waals surface area contributed by atoms with Crippen molar-refractivity contribution in [3.05, 3.63) is 35.7 Å². The second kappa shape index (κ2) is 7.43. The molecule has 0 radical (unpaired) electrons. The first-order chi connectivity index (χ1) is 12.4. The Morgan fingerprint density at radius 3 is 2.69 bits per heavy atom. The molecule has 0 aliphatic rings. The maximum atomic E-state index is 13.2. The van der Waals surface area contributed by atoms with Crippen LogP contribution in [0.25, 0.3) is 10.2 Å². The van der Waals surface area contributed by atoms with Gasteiger partial charge in [-0.2, -0.15) is 5.10 Å². The summed E-state index contributed by atoms with van der Waals surface area (Å²) in [6.45, 7) is 3.17. The molecule has 0 N–H and O–H groups in total. The number of carbonyl (C=O) groups is 1. The van der Waals surface area contributed by atoms with Gasteiger partial charge in [0.05, 0.1) is 17.3 Å². The molecule has 3 aromatic rings. The van der Waals surface area contributed by atoms with Gasteiger partial charge >= 0.3 is 0 Å². The van der Waals surface area contributed by atoms with Gasteiger partial charge in [-0.25, -0.2) is 4.98 Å². The zero-order chi connectivity index (χ0) is 18.8. The summed E-state index contributed by atoms with van der Waals surface area (Å²) in [6.07, 6.45) is 1.85. The van der Waals surface area contributed by atoms with E-state index in [-0.39, 0.29) is 5.91 Å². The number of benzene rings is 1. The monoisotopic (exact) mass is 373 g/mol. The Hall–Kier alpha value is -2.45. The van der Waals surface area contributed by atoms with E-state index in [0.717, 1.165) is 28.1 Å². The lowest BCUT2D eigenvalue weighted by atomic mass is 10.2. The van der Waals surface area contributed by atoms with E-state index in [1.54, 1.807) is 16.7 Å². The molecule has 0 fully saturated rings. The fraction of sp³-hybridized carbons (Fsp3) is 0.389. The Kier molecular flexibility index (Phi) is 5.24. The van der Waals surface area contributed by atoms with Crippen LogP contribution in [0.4, 0.5) is 5.13 Å². The van der Waals surface area contributed by atoms with Crippen molar-refractivity contribution in [2.45, 2.75) is 6.92 Å². The van der Waals surface area contributed by atoms with Crippen LogP contribution in [0.2, 0.25) is 0 Å². The number of nitrogens with zero attached hydrogens (tertiary/aromatic N) is 5. The standard InChI is InChI=1S/C18H23N5O2S/c1-12-11-22(4)20-16(12)17(24)23(9-8-21(2)3)18-19-14-7-6-13(25-5)10-15(14)26-18/h6-7,10-11H,8-9H2,1-5H3. The molecule has 0 saturated carbocycles. The van der Waals surface area contributed by atoms with Gasteiger partial charge in [0.2, 0.25) is 0 Å². The molecule has 2 aromatic heterocycles. The summed E-state index contributed by atoms with van der Waals surface area (Å²) < 4.78 is 7.93. The Balaban J connectivity index is 2.00. The smallest absolute Gasteiger partial charge is 0.280 e. The second-order valence-corrected chi connectivity index (χ2v) is 7.43. The molecule has 0 unspecified atom stereocenters. The lowest BCUT2D eigenvalue weighted by Crippen LogP contribution is -2.37. The Morgan fingerprint density at radius 2 is 2.08 bits per heavy atom. The zero-order valence-electron chi connectivity index (χ0n) is 15.7. The third kappa shape index (κ3) is 3.71. The number of fused-ring (bicyclic) bond motifs is 1. The number of aromatic nitrogens is 3. The maximum Gasteiger partial charge on any atom is 0.280 e. The lowest BCUT2D eigenvalue weighted by Gasteiger charge is -2.21. The first-order valence-electron chi connectivity index (χ1n) is 8.30. The fourth-order valence-corrected chi connectivity index (χ4v) is 3.68. The number of thiazole rings is 1. The van der Waals surface area contributed by atoms with Crippen LogP contribution in [0.5, 0.6) is 5.75 Å². The molecule has 0 saturated heterocycles. The van der Waals surface area contributed by atoms with Gasteiger partial charge in [0, 0.05) is 31.9 Å². The first kappa shape index (κ1) is 18.3. The van der Waals surface area contributed by atoms with Crippen LogP contribution in [0.1, 0.15) is 16.1 Å². The van der Waals surface area contributed by atoms with Crippen LogP contribution in [0.3, 0.4) is 0 Å². The number of ether oxygens (including phenoxy) is 1. The van der Waals surface area contributed by atoms with Crippen LogP contribution in [-0.4, -0.2) is 59.9 Å². The van der Waals surface area contributed by atoms with Gasteiger partial charge in [-0.1, -0.05) is 11.3 Å². The number of anilines is 1. The quantitative estimate of drug-likeness (QED) is 0.664. The SMILES string of the molecule is COc1ccc2nc(N(CCN(C)C)C(=O)c3nn(C)cc3C)sc2c1. The number of amides is 1. The van der Waals surface area contributed by atoms with Crippen LogP contribution >= 0.6 is 11.3 Å². The van der Waals surface area contributed by atoms with E-state index in [1.807, 2.05) is 57.4 Å². The molecule has 138 valence electrons. The lowest BCUT2D eigenvalue weighted by molar-refractivity contribution is 0.0979. The molecular weight excluding hydrogens is 350 g/mol. The second-order valence-electron chi connectivity index (χ2n) is 6.42. The summed E-state index contributed by atoms with van der Waals surface area (Å²) in [4.78, 5) is 21.6. The van der Waals surface area contributed by atoms with Crippen LogP contribution in [-0.2, 0) is 7.05 Å². The number of hydrogen-bond donors (Lipinski definition) is 0. The number of carbonyl (C=O) groups excluding carboxylic acids is 1. The molecule has 7 nitrogen and oxygen atoms in total. The zero-order valence-corrected chi connectivity index (χ0v) is 16.5. The van der Waals surface area contributed by atoms with Crippen molar-refractivity contribution in [3.63, 3.8) is 0 Å². The molecule has 3 rings (SSSR count). The summed E-state index contributed by atoms with van der Waals surface area (Å²) in [6, 6.07) is 5.73. The number of methoxy groups -OCH3 is 1. The highest BCUT2D eigenvalue weighted by Gasteiger charge is 2.25. The molecule has 2 heterocycles. The van der Waals surface area contributed by atoms with Crippen molar-refractivity contribution in [2.75, 3.05) is 39.2 Å². The van der Waals surface area contributed by atoms with Crippen LogP contribution in [0, 0.1) is 6.92 Å². The van der Waals surface area contributed by atoms with Gasteiger partial charge in [-0.3, -0.25) is 14.4 Å². The predicted molar refractivity (Wildman–Crippen MR) is 104 cm³/mol. The van der Waals surface area contributed by atoms with Gasteiger partial charge < -0.3 is 9.64 Å². The molecule has 0 atom stereocenters. The molecule has 0 spiro atoms. The third-order valence-electron chi connectivity index (χ3n) is 4.05. The largest absolute Gasteiger partial charge is 0.497 e. The summed E-state index contributed by atoms with van der Waals surface area (Å²) in [7, 11) is 7.42. The van der Waals surface area contributed by atoms with Gasteiger partial charge in [0.25, 0.3) is 5.91 Å². The third-order valence-corrected chi connectivity index (χ3v) is 5.09. The summed E-state index contributed by atoms with van der Waals surface area (Å²) >= 11 is 1.48. The molecular formula is C18H23N5O2S. The minimum Gasteiger partial charge on any atom is -0.497 e. The molecule has 1 amide bonds. The number of likely N-dealkylation sites (N-methyl/N-ethyl adjacent to an activating group) is 1. The number of hydrogen-bond acceptors (Lipinski definition) is 6. The average Bonchev–Trinajstić information content (AvgIpc) is 3.16. The van der Waals surface area contributed by atoms with Crippen molar-refractivity contribution in [1.29, 1.82) is 0 Å². The predicted octanol–water partition coefficient (Wildman–Crippen LogP) is 2.56. The van der Waals surface area contributed by atoms with Crippen molar-refractivity contribution in [2.24, 2.45) is 7.05 Å². The van der Waals surface area contributed by atoms with Gasteiger partial charge in [-0.05, 0) is 39.2 Å². The van der Waals surface area contributed by atoms with Crippen molar-refractivity contribution in [3.8, 4) is 5.75 Å². The summed E-state index contributed by atoms with van der Waals surface area (Å²) in [5, 5.41) is 5.01. The van der Waals surface area contributed by atoms with E-state index in [0.29, 0.717) is 17.4 Å². The molecule has 1 aromatic carbocycles. The number of aryl methyl sites for hydroxylation is 2. The van der Waals surface area contributed by atoms with Crippen molar-refractivity contribution >= 4 is 32.6 Å². The Morgan fingerprint density at radius 1 is 1.31 bits per heavy atom.